The Bertz CT molecular complexity index is 182. The molecule has 2 fully saturated rings. The van der Waals surface area contributed by atoms with E-state index in [0.717, 1.165) is 36.9 Å². The molecule has 4 unspecified atom stereocenters. The third kappa shape index (κ3) is 2.88. The van der Waals surface area contributed by atoms with Gasteiger partial charge in [-0.1, -0.05) is 6.92 Å². The van der Waals surface area contributed by atoms with Crippen LogP contribution in [0.1, 0.15) is 19.8 Å². The van der Waals surface area contributed by atoms with Crippen LogP contribution in [-0.2, 0) is 9.47 Å². The molecule has 3 heteroatoms. The van der Waals surface area contributed by atoms with Crippen molar-refractivity contribution in [2.45, 2.75) is 31.1 Å². The van der Waals surface area contributed by atoms with Crippen molar-refractivity contribution in [2.75, 3.05) is 26.1 Å². The van der Waals surface area contributed by atoms with Gasteiger partial charge in [-0.3, -0.25) is 0 Å². The molecule has 2 nitrogen and oxygen atoms in total. The van der Waals surface area contributed by atoms with Crippen LogP contribution in [0.5, 0.6) is 0 Å². The Balaban J connectivity index is 1.66. The molecular weight excluding hydrogens is 196 g/mol. The molecule has 1 heterocycles. The van der Waals surface area contributed by atoms with Crippen LogP contribution in [0.15, 0.2) is 0 Å². The van der Waals surface area contributed by atoms with Crippen LogP contribution >= 0.6 is 11.8 Å². The Morgan fingerprint density at radius 3 is 2.79 bits per heavy atom. The van der Waals surface area contributed by atoms with Gasteiger partial charge < -0.3 is 9.47 Å². The van der Waals surface area contributed by atoms with E-state index in [4.69, 9.17) is 9.47 Å². The summed E-state index contributed by atoms with van der Waals surface area (Å²) in [5.41, 5.74) is 0. The highest BCUT2D eigenvalue weighted by molar-refractivity contribution is 7.99. The van der Waals surface area contributed by atoms with Crippen LogP contribution in [0.3, 0.4) is 0 Å². The molecule has 1 aliphatic carbocycles. The summed E-state index contributed by atoms with van der Waals surface area (Å²) in [5, 5.41) is 0.824. The van der Waals surface area contributed by atoms with Gasteiger partial charge in [-0.25, -0.2) is 0 Å². The smallest absolute Gasteiger partial charge is 0.104 e. The van der Waals surface area contributed by atoms with E-state index >= 15 is 0 Å². The number of epoxide rings is 1. The predicted molar refractivity (Wildman–Crippen MR) is 59.8 cm³/mol. The number of ether oxygens (including phenoxy) is 2. The van der Waals surface area contributed by atoms with Gasteiger partial charge in [-0.2, -0.15) is 11.8 Å². The zero-order chi connectivity index (χ0) is 9.97. The number of hydrogen-bond acceptors (Lipinski definition) is 3. The standard InChI is InChI=1S/C11H20O2S/c1-8-3-9(11(4-8)14-2)5-12-6-10-7-13-10/h8-11H,3-7H2,1-2H3. The Hall–Kier alpha value is 0.270. The van der Waals surface area contributed by atoms with Crippen LogP contribution in [0, 0.1) is 11.8 Å². The molecule has 0 aromatic rings. The maximum atomic E-state index is 5.68. The van der Waals surface area contributed by atoms with Gasteiger partial charge in [0.15, 0.2) is 0 Å². The summed E-state index contributed by atoms with van der Waals surface area (Å²) < 4.78 is 10.8. The van der Waals surface area contributed by atoms with Crippen LogP contribution in [0.2, 0.25) is 0 Å². The maximum absolute atomic E-state index is 5.68. The van der Waals surface area contributed by atoms with Crippen molar-refractivity contribution in [1.29, 1.82) is 0 Å². The lowest BCUT2D eigenvalue weighted by atomic mass is 10.1. The monoisotopic (exact) mass is 216 g/mol. The SMILES string of the molecule is CSC1CC(C)CC1COCC1CO1. The summed E-state index contributed by atoms with van der Waals surface area (Å²) in [6.45, 7) is 5.02. The van der Waals surface area contributed by atoms with E-state index in [1.807, 2.05) is 11.8 Å². The fourth-order valence-corrected chi connectivity index (χ4v) is 3.43. The molecule has 2 aliphatic rings. The summed E-state index contributed by atoms with van der Waals surface area (Å²) in [4.78, 5) is 0. The Kier molecular flexibility index (Phi) is 3.74. The molecule has 4 atom stereocenters. The van der Waals surface area contributed by atoms with Crippen LogP contribution in [0.4, 0.5) is 0 Å². The number of hydrogen-bond donors (Lipinski definition) is 0. The first-order chi connectivity index (χ1) is 6.79. The van der Waals surface area contributed by atoms with E-state index in [-0.39, 0.29) is 0 Å². The average molecular weight is 216 g/mol. The van der Waals surface area contributed by atoms with Crippen LogP contribution in [-0.4, -0.2) is 37.4 Å². The summed E-state index contributed by atoms with van der Waals surface area (Å²) in [5.74, 6) is 1.66. The van der Waals surface area contributed by atoms with Gasteiger partial charge in [0.25, 0.3) is 0 Å². The lowest BCUT2D eigenvalue weighted by Crippen LogP contribution is -2.17. The highest BCUT2D eigenvalue weighted by Gasteiger charge is 2.32. The van der Waals surface area contributed by atoms with Crippen molar-refractivity contribution in [3.8, 4) is 0 Å². The average Bonchev–Trinajstić information content (AvgIpc) is 2.90. The Morgan fingerprint density at radius 1 is 1.36 bits per heavy atom. The third-order valence-electron chi connectivity index (χ3n) is 3.21. The second kappa shape index (κ2) is 4.86. The fourth-order valence-electron chi connectivity index (χ4n) is 2.33. The maximum Gasteiger partial charge on any atom is 0.104 e. The second-order valence-electron chi connectivity index (χ2n) is 4.60. The largest absolute Gasteiger partial charge is 0.378 e. The van der Waals surface area contributed by atoms with Crippen molar-refractivity contribution in [2.24, 2.45) is 11.8 Å². The van der Waals surface area contributed by atoms with E-state index in [0.29, 0.717) is 6.10 Å². The zero-order valence-electron chi connectivity index (χ0n) is 9.07. The lowest BCUT2D eigenvalue weighted by molar-refractivity contribution is 0.0880. The van der Waals surface area contributed by atoms with Crippen molar-refractivity contribution < 1.29 is 9.47 Å². The summed E-state index contributed by atoms with van der Waals surface area (Å²) in [7, 11) is 0. The van der Waals surface area contributed by atoms with Gasteiger partial charge in [0.2, 0.25) is 0 Å². The third-order valence-corrected chi connectivity index (χ3v) is 4.39. The molecule has 1 saturated carbocycles. The normalized spacial score (nSPS) is 41.6. The molecule has 0 amide bonds. The summed E-state index contributed by atoms with van der Waals surface area (Å²) in [6.07, 6.45) is 5.35. The number of thioether (sulfide) groups is 1. The van der Waals surface area contributed by atoms with Crippen LogP contribution in [0.25, 0.3) is 0 Å². The Labute approximate surface area is 90.7 Å². The quantitative estimate of drug-likeness (QED) is 0.658. The van der Waals surface area contributed by atoms with Gasteiger partial charge in [-0.15, -0.1) is 0 Å². The highest BCUT2D eigenvalue weighted by atomic mass is 32.2. The molecular formula is C11H20O2S. The Morgan fingerprint density at radius 2 is 2.14 bits per heavy atom. The van der Waals surface area contributed by atoms with Gasteiger partial charge in [-0.05, 0) is 30.9 Å². The molecule has 1 aliphatic heterocycles. The molecule has 82 valence electrons. The second-order valence-corrected chi connectivity index (χ2v) is 5.68. The van der Waals surface area contributed by atoms with E-state index in [9.17, 15) is 0 Å². The van der Waals surface area contributed by atoms with E-state index in [2.05, 4.69) is 13.2 Å². The van der Waals surface area contributed by atoms with Crippen molar-refractivity contribution in [3.05, 3.63) is 0 Å². The minimum absolute atomic E-state index is 0.418. The molecule has 0 spiro atoms. The highest BCUT2D eigenvalue weighted by Crippen LogP contribution is 2.37. The van der Waals surface area contributed by atoms with Gasteiger partial charge in [0.05, 0.1) is 19.8 Å². The molecule has 0 radical (unpaired) electrons. The van der Waals surface area contributed by atoms with E-state index in [1.165, 1.54) is 12.8 Å². The molecule has 0 N–H and O–H groups in total. The van der Waals surface area contributed by atoms with Crippen molar-refractivity contribution in [1.82, 2.24) is 0 Å². The van der Waals surface area contributed by atoms with Gasteiger partial charge >= 0.3 is 0 Å². The molecule has 0 bridgehead atoms. The first-order valence-corrected chi connectivity index (χ1v) is 6.80. The first-order valence-electron chi connectivity index (χ1n) is 5.51. The molecule has 2 rings (SSSR count). The first kappa shape index (κ1) is 10.8. The topological polar surface area (TPSA) is 21.8 Å². The molecule has 0 aromatic carbocycles. The molecule has 1 saturated heterocycles. The minimum atomic E-state index is 0.418. The minimum Gasteiger partial charge on any atom is -0.378 e. The van der Waals surface area contributed by atoms with E-state index < -0.39 is 0 Å². The van der Waals surface area contributed by atoms with Crippen molar-refractivity contribution >= 4 is 11.8 Å². The van der Waals surface area contributed by atoms with Crippen molar-refractivity contribution in [3.63, 3.8) is 0 Å². The van der Waals surface area contributed by atoms with Gasteiger partial charge in [0, 0.05) is 5.25 Å². The molecule has 0 aromatic heterocycles. The van der Waals surface area contributed by atoms with Crippen LogP contribution < -0.4 is 0 Å². The summed E-state index contributed by atoms with van der Waals surface area (Å²) >= 11 is 2.01. The van der Waals surface area contributed by atoms with Gasteiger partial charge in [0.1, 0.15) is 6.10 Å². The summed E-state index contributed by atoms with van der Waals surface area (Å²) in [6, 6.07) is 0. The number of rotatable bonds is 5. The fraction of sp³-hybridized carbons (Fsp3) is 1.00. The molecule has 14 heavy (non-hydrogen) atoms. The van der Waals surface area contributed by atoms with E-state index in [1.54, 1.807) is 0 Å². The lowest BCUT2D eigenvalue weighted by Gasteiger charge is -2.16. The zero-order valence-corrected chi connectivity index (χ0v) is 9.89. The predicted octanol–water partition coefficient (Wildman–Crippen LogP) is 2.18.